The molecule has 3 aromatic carbocycles. The molecule has 0 unspecified atom stereocenters. The Morgan fingerprint density at radius 2 is 1.88 bits per heavy atom. The van der Waals surface area contributed by atoms with Crippen LogP contribution in [0.3, 0.4) is 0 Å². The average molecular weight is 574 g/mol. The van der Waals surface area contributed by atoms with E-state index < -0.39 is 38.7 Å². The Hall–Kier alpha value is -3.99. The van der Waals surface area contributed by atoms with Crippen molar-refractivity contribution < 1.29 is 40.6 Å². The number of anilines is 1. The maximum Gasteiger partial charge on any atom is 0.416 e. The van der Waals surface area contributed by atoms with Gasteiger partial charge in [-0.1, -0.05) is 36.4 Å². The first-order chi connectivity index (χ1) is 19.1. The molecule has 3 aromatic rings. The third-order valence-electron chi connectivity index (χ3n) is 6.77. The van der Waals surface area contributed by atoms with Crippen molar-refractivity contribution in [3.8, 4) is 11.5 Å². The molecule has 0 spiro atoms. The van der Waals surface area contributed by atoms with Crippen molar-refractivity contribution in [3.63, 3.8) is 0 Å². The van der Waals surface area contributed by atoms with Gasteiger partial charge in [-0.2, -0.15) is 13.2 Å². The van der Waals surface area contributed by atoms with E-state index in [1.807, 2.05) is 30.3 Å². The number of fused-ring (bicyclic) bond motifs is 2. The zero-order valence-electron chi connectivity index (χ0n) is 21.5. The average Bonchev–Trinajstić information content (AvgIpc) is 2.95. The SMILES string of the molecule is COC(=O)CC[C@H]1CN(S(=O)(=O)c2cccc(C(F)(F)F)c2)c2cc(/C=C3\CCOc4ccccc43)ccc2O1. The third-order valence-corrected chi connectivity index (χ3v) is 8.54. The molecule has 2 aliphatic rings. The van der Waals surface area contributed by atoms with Crippen LogP contribution in [-0.2, 0) is 25.7 Å². The number of carbonyl (C=O) groups excluding carboxylic acids is 1. The summed E-state index contributed by atoms with van der Waals surface area (Å²) >= 11 is 0. The molecule has 0 radical (unpaired) electrons. The van der Waals surface area contributed by atoms with Crippen LogP contribution in [0.15, 0.2) is 71.6 Å². The summed E-state index contributed by atoms with van der Waals surface area (Å²) < 4.78 is 85.3. The van der Waals surface area contributed by atoms with Crippen molar-refractivity contribution in [2.24, 2.45) is 0 Å². The molecule has 0 fully saturated rings. The number of halogens is 3. The number of benzene rings is 3. The Balaban J connectivity index is 1.56. The third kappa shape index (κ3) is 5.65. The molecule has 0 saturated carbocycles. The molecule has 11 heteroatoms. The molecular weight excluding hydrogens is 547 g/mol. The monoisotopic (exact) mass is 573 g/mol. The lowest BCUT2D eigenvalue weighted by Crippen LogP contribution is -2.43. The van der Waals surface area contributed by atoms with Crippen LogP contribution in [0.1, 0.15) is 36.0 Å². The number of para-hydroxylation sites is 1. The Labute approximate surface area is 229 Å². The highest BCUT2D eigenvalue weighted by atomic mass is 32.2. The summed E-state index contributed by atoms with van der Waals surface area (Å²) in [6, 6.07) is 16.3. The molecule has 40 heavy (non-hydrogen) atoms. The topological polar surface area (TPSA) is 82.1 Å². The summed E-state index contributed by atoms with van der Waals surface area (Å²) in [6.45, 7) is 0.300. The lowest BCUT2D eigenvalue weighted by Gasteiger charge is -2.35. The highest BCUT2D eigenvalue weighted by molar-refractivity contribution is 7.92. The summed E-state index contributed by atoms with van der Waals surface area (Å²) in [5.74, 6) is 0.509. The molecule has 0 bridgehead atoms. The van der Waals surface area contributed by atoms with Crippen molar-refractivity contribution in [1.29, 1.82) is 0 Å². The largest absolute Gasteiger partial charge is 0.493 e. The molecule has 7 nitrogen and oxygen atoms in total. The Morgan fingerprint density at radius 3 is 2.65 bits per heavy atom. The minimum Gasteiger partial charge on any atom is -0.493 e. The molecule has 2 heterocycles. The van der Waals surface area contributed by atoms with Gasteiger partial charge in [0.05, 0.1) is 36.4 Å². The van der Waals surface area contributed by atoms with Gasteiger partial charge in [-0.25, -0.2) is 8.42 Å². The van der Waals surface area contributed by atoms with Crippen molar-refractivity contribution in [2.75, 3.05) is 24.6 Å². The van der Waals surface area contributed by atoms with E-state index in [0.717, 1.165) is 39.4 Å². The minimum absolute atomic E-state index is 0.0143. The van der Waals surface area contributed by atoms with Gasteiger partial charge in [-0.15, -0.1) is 0 Å². The lowest BCUT2D eigenvalue weighted by molar-refractivity contribution is -0.141. The highest BCUT2D eigenvalue weighted by Gasteiger charge is 2.37. The smallest absolute Gasteiger partial charge is 0.416 e. The summed E-state index contributed by atoms with van der Waals surface area (Å²) in [6.07, 6.45) is -2.72. The van der Waals surface area contributed by atoms with Crippen molar-refractivity contribution in [1.82, 2.24) is 0 Å². The zero-order valence-corrected chi connectivity index (χ0v) is 22.3. The molecule has 210 valence electrons. The van der Waals surface area contributed by atoms with E-state index in [9.17, 15) is 26.4 Å². The normalized spacial score (nSPS) is 17.9. The van der Waals surface area contributed by atoms with E-state index in [1.54, 1.807) is 18.2 Å². The quantitative estimate of drug-likeness (QED) is 0.340. The van der Waals surface area contributed by atoms with Crippen molar-refractivity contribution in [2.45, 2.75) is 36.4 Å². The number of nitrogens with zero attached hydrogens (tertiary/aromatic N) is 1. The van der Waals surface area contributed by atoms with E-state index >= 15 is 0 Å². The number of hydrogen-bond acceptors (Lipinski definition) is 6. The minimum atomic E-state index is -4.71. The predicted octanol–water partition coefficient (Wildman–Crippen LogP) is 5.94. The Kier molecular flexibility index (Phi) is 7.50. The molecule has 5 rings (SSSR count). The lowest BCUT2D eigenvalue weighted by atomic mass is 9.97. The number of alkyl halides is 3. The van der Waals surface area contributed by atoms with Crippen LogP contribution in [0.2, 0.25) is 0 Å². The van der Waals surface area contributed by atoms with Gasteiger partial charge >= 0.3 is 12.1 Å². The number of sulfonamides is 1. The molecule has 1 atom stereocenters. The second-order valence-corrected chi connectivity index (χ2v) is 11.3. The summed E-state index contributed by atoms with van der Waals surface area (Å²) in [5, 5.41) is 0. The standard InChI is InChI=1S/C29H26F3NO6S/c1-37-28(34)12-10-22-18-33(40(35,36)23-6-4-5-21(17-23)29(30,31)32)25-16-19(9-11-27(25)39-22)15-20-13-14-38-26-8-3-2-7-24(20)26/h2-9,11,15-17,22H,10,12-14,18H2,1H3/b20-15+/t22-/m0/s1. The summed E-state index contributed by atoms with van der Waals surface area (Å²) in [5.41, 5.74) is 1.74. The predicted molar refractivity (Wildman–Crippen MR) is 143 cm³/mol. The number of hydrogen-bond donors (Lipinski definition) is 0. The van der Waals surface area contributed by atoms with Gasteiger partial charge in [0.2, 0.25) is 0 Å². The van der Waals surface area contributed by atoms with Gasteiger partial charge in [-0.3, -0.25) is 9.10 Å². The first-order valence-corrected chi connectivity index (χ1v) is 14.0. The van der Waals surface area contributed by atoms with E-state index in [0.29, 0.717) is 24.7 Å². The van der Waals surface area contributed by atoms with Gasteiger partial charge < -0.3 is 14.2 Å². The molecule has 0 amide bonds. The number of rotatable bonds is 6. The van der Waals surface area contributed by atoms with Crippen LogP contribution in [0.5, 0.6) is 11.5 Å². The first-order valence-electron chi connectivity index (χ1n) is 12.6. The van der Waals surface area contributed by atoms with E-state index in [1.165, 1.54) is 7.11 Å². The molecule has 0 aliphatic carbocycles. The molecule has 2 aliphatic heterocycles. The Bertz CT molecular complexity index is 1570. The zero-order chi connectivity index (χ0) is 28.5. The number of methoxy groups -OCH3 is 1. The van der Waals surface area contributed by atoms with Crippen LogP contribution in [0.4, 0.5) is 18.9 Å². The highest BCUT2D eigenvalue weighted by Crippen LogP contribution is 2.41. The fourth-order valence-corrected chi connectivity index (χ4v) is 6.30. The second-order valence-electron chi connectivity index (χ2n) is 9.41. The van der Waals surface area contributed by atoms with E-state index in [2.05, 4.69) is 4.74 Å². The van der Waals surface area contributed by atoms with Crippen molar-refractivity contribution in [3.05, 3.63) is 83.4 Å². The molecule has 0 saturated heterocycles. The Morgan fingerprint density at radius 1 is 1.07 bits per heavy atom. The molecular formula is C29H26F3NO6S. The van der Waals surface area contributed by atoms with Crippen LogP contribution < -0.4 is 13.8 Å². The first kappa shape index (κ1) is 27.6. The summed E-state index contributed by atoms with van der Waals surface area (Å²) in [7, 11) is -3.19. The summed E-state index contributed by atoms with van der Waals surface area (Å²) in [4.78, 5) is 11.2. The van der Waals surface area contributed by atoms with Crippen molar-refractivity contribution >= 4 is 33.3 Å². The van der Waals surface area contributed by atoms with Crippen LogP contribution in [0.25, 0.3) is 11.6 Å². The number of carbonyl (C=O) groups is 1. The second kappa shape index (κ2) is 10.9. The van der Waals surface area contributed by atoms with Crippen LogP contribution in [0, 0.1) is 0 Å². The van der Waals surface area contributed by atoms with Gasteiger partial charge in [-0.05, 0) is 54.0 Å². The maximum absolute atomic E-state index is 13.8. The van der Waals surface area contributed by atoms with Gasteiger partial charge in [0, 0.05) is 18.4 Å². The van der Waals surface area contributed by atoms with Crippen LogP contribution >= 0.6 is 0 Å². The maximum atomic E-state index is 13.8. The van der Waals surface area contributed by atoms with Gasteiger partial charge in [0.15, 0.2) is 0 Å². The fraction of sp³-hybridized carbons (Fsp3) is 0.276. The number of esters is 1. The van der Waals surface area contributed by atoms with E-state index in [4.69, 9.17) is 9.47 Å². The van der Waals surface area contributed by atoms with Crippen LogP contribution in [-0.4, -0.2) is 40.8 Å². The van der Waals surface area contributed by atoms with E-state index in [-0.39, 0.29) is 30.8 Å². The molecule has 0 aromatic heterocycles. The molecule has 0 N–H and O–H groups in total. The van der Waals surface area contributed by atoms with Gasteiger partial charge in [0.25, 0.3) is 10.0 Å². The fourth-order valence-electron chi connectivity index (χ4n) is 4.75. The number of ether oxygens (including phenoxy) is 3. The van der Waals surface area contributed by atoms with Gasteiger partial charge in [0.1, 0.15) is 17.6 Å².